The molecule has 3 aromatic rings. The van der Waals surface area contributed by atoms with Crippen molar-refractivity contribution >= 4 is 11.7 Å². The van der Waals surface area contributed by atoms with Gasteiger partial charge in [-0.1, -0.05) is 12.1 Å². The molecule has 0 N–H and O–H groups in total. The number of aryl methyl sites for hydroxylation is 1. The number of aromatic nitrogens is 3. The molecule has 0 radical (unpaired) electrons. The Bertz CT molecular complexity index is 1170. The van der Waals surface area contributed by atoms with Crippen LogP contribution in [0.1, 0.15) is 45.7 Å². The number of pyridine rings is 1. The fourth-order valence-electron chi connectivity index (χ4n) is 3.72. The third kappa shape index (κ3) is 4.28. The number of halogens is 3. The lowest BCUT2D eigenvalue weighted by Gasteiger charge is -2.21. The van der Waals surface area contributed by atoms with E-state index in [0.29, 0.717) is 5.69 Å². The van der Waals surface area contributed by atoms with Gasteiger partial charge in [0.1, 0.15) is 0 Å². The maximum atomic E-state index is 13.2. The Kier molecular flexibility index (Phi) is 5.58. The zero-order valence-corrected chi connectivity index (χ0v) is 17.6. The predicted molar refractivity (Wildman–Crippen MR) is 110 cm³/mol. The van der Waals surface area contributed by atoms with E-state index in [4.69, 9.17) is 0 Å². The number of nitrogens with zero attached hydrogens (tertiary/aromatic N) is 4. The van der Waals surface area contributed by atoms with Crippen LogP contribution in [0.2, 0.25) is 0 Å². The molecule has 9 heteroatoms. The van der Waals surface area contributed by atoms with Crippen molar-refractivity contribution in [3.8, 4) is 5.69 Å². The van der Waals surface area contributed by atoms with Crippen LogP contribution in [0.4, 0.5) is 13.2 Å². The smallest absolute Gasteiger partial charge is 0.328 e. The summed E-state index contributed by atoms with van der Waals surface area (Å²) in [5.74, 6) is -1.36. The molecule has 0 bridgehead atoms. The number of carbonyl (C=O) groups excluding carboxylic acids is 2. The minimum atomic E-state index is -4.50. The number of rotatable bonds is 6. The van der Waals surface area contributed by atoms with Crippen LogP contribution < -0.4 is 0 Å². The maximum Gasteiger partial charge on any atom is 0.416 e. The molecule has 1 aliphatic rings. The molecule has 166 valence electrons. The summed E-state index contributed by atoms with van der Waals surface area (Å²) >= 11 is 0. The number of hydrogen-bond donors (Lipinski definition) is 0. The Balaban J connectivity index is 1.65. The van der Waals surface area contributed by atoms with E-state index in [1.807, 2.05) is 6.07 Å². The van der Waals surface area contributed by atoms with Crippen molar-refractivity contribution in [1.82, 2.24) is 19.7 Å². The van der Waals surface area contributed by atoms with Crippen LogP contribution in [0.3, 0.4) is 0 Å². The van der Waals surface area contributed by atoms with Crippen LogP contribution in [0.5, 0.6) is 0 Å². The molecular formula is C23H21F3N4O2. The summed E-state index contributed by atoms with van der Waals surface area (Å²) in [5.41, 5.74) is 0.884. The number of amides is 1. The number of alkyl halides is 3. The zero-order valence-electron chi connectivity index (χ0n) is 17.6. The molecular weight excluding hydrogens is 421 g/mol. The van der Waals surface area contributed by atoms with Crippen molar-refractivity contribution in [3.63, 3.8) is 0 Å². The fourth-order valence-corrected chi connectivity index (χ4v) is 3.72. The molecule has 1 saturated carbocycles. The summed E-state index contributed by atoms with van der Waals surface area (Å²) in [4.78, 5) is 31.9. The minimum absolute atomic E-state index is 0.00854. The Morgan fingerprint density at radius 3 is 2.53 bits per heavy atom. The molecule has 0 spiro atoms. The van der Waals surface area contributed by atoms with Crippen LogP contribution in [0.25, 0.3) is 5.69 Å². The minimum Gasteiger partial charge on any atom is -0.328 e. The zero-order chi connectivity index (χ0) is 23.0. The third-order valence-corrected chi connectivity index (χ3v) is 5.45. The van der Waals surface area contributed by atoms with Crippen LogP contribution in [0.15, 0.2) is 48.8 Å². The normalized spacial score (nSPS) is 13.8. The first-order chi connectivity index (χ1) is 15.2. The second-order valence-corrected chi connectivity index (χ2v) is 7.86. The van der Waals surface area contributed by atoms with Gasteiger partial charge < -0.3 is 4.90 Å². The number of Topliss-reactive ketones (excluding diaryl/α,β-unsaturated/α-hetero) is 1. The lowest BCUT2D eigenvalue weighted by atomic mass is 10.1. The van der Waals surface area contributed by atoms with E-state index in [-0.39, 0.29) is 29.5 Å². The van der Waals surface area contributed by atoms with Crippen LogP contribution in [-0.4, -0.2) is 37.4 Å². The van der Waals surface area contributed by atoms with Crippen molar-refractivity contribution in [3.05, 3.63) is 76.9 Å². The van der Waals surface area contributed by atoms with Gasteiger partial charge in [-0.25, -0.2) is 4.68 Å². The van der Waals surface area contributed by atoms with Gasteiger partial charge in [-0.05, 0) is 56.5 Å². The first-order valence-electron chi connectivity index (χ1n) is 10.1. The highest BCUT2D eigenvalue weighted by atomic mass is 19.4. The molecule has 0 unspecified atom stereocenters. The van der Waals surface area contributed by atoms with E-state index < -0.39 is 23.4 Å². The Morgan fingerprint density at radius 1 is 1.16 bits per heavy atom. The molecule has 1 aliphatic carbocycles. The molecule has 6 nitrogen and oxygen atoms in total. The molecule has 4 rings (SSSR count). The highest BCUT2D eigenvalue weighted by molar-refractivity contribution is 6.43. The quantitative estimate of drug-likeness (QED) is 0.422. The second kappa shape index (κ2) is 8.22. The van der Waals surface area contributed by atoms with Gasteiger partial charge in [-0.15, -0.1) is 0 Å². The van der Waals surface area contributed by atoms with Crippen LogP contribution >= 0.6 is 0 Å². The first kappa shape index (κ1) is 21.7. The van der Waals surface area contributed by atoms with Crippen molar-refractivity contribution in [1.29, 1.82) is 0 Å². The lowest BCUT2D eigenvalue weighted by molar-refractivity contribution is -0.137. The van der Waals surface area contributed by atoms with E-state index in [2.05, 4.69) is 10.1 Å². The van der Waals surface area contributed by atoms with Crippen molar-refractivity contribution in [2.45, 2.75) is 45.5 Å². The number of carbonyl (C=O) groups is 2. The van der Waals surface area contributed by atoms with Gasteiger partial charge in [0.15, 0.2) is 0 Å². The lowest BCUT2D eigenvalue weighted by Crippen LogP contribution is -2.38. The maximum absolute atomic E-state index is 13.2. The first-order valence-corrected chi connectivity index (χ1v) is 10.1. The summed E-state index contributed by atoms with van der Waals surface area (Å²) in [6.45, 7) is 3.41. The molecule has 0 aliphatic heterocycles. The van der Waals surface area contributed by atoms with Crippen LogP contribution in [-0.2, 0) is 17.5 Å². The Hall–Kier alpha value is -3.49. The van der Waals surface area contributed by atoms with Gasteiger partial charge in [0.25, 0.3) is 11.7 Å². The molecule has 32 heavy (non-hydrogen) atoms. The SMILES string of the molecule is Cc1nn(-c2cccc(C(F)(F)F)c2)c(C)c1C(=O)C(=O)N(Cc1cccnc1)C1CC1. The molecule has 0 atom stereocenters. The van der Waals surface area contributed by atoms with Gasteiger partial charge in [-0.2, -0.15) is 18.3 Å². The molecule has 2 heterocycles. The summed E-state index contributed by atoms with van der Waals surface area (Å²) in [5, 5.41) is 4.26. The topological polar surface area (TPSA) is 68.1 Å². The van der Waals surface area contributed by atoms with Gasteiger partial charge >= 0.3 is 6.18 Å². The second-order valence-electron chi connectivity index (χ2n) is 7.86. The molecule has 1 amide bonds. The molecule has 0 saturated heterocycles. The van der Waals surface area contributed by atoms with Gasteiger partial charge in [0.2, 0.25) is 0 Å². The standard InChI is InChI=1S/C23H21F3N4O2/c1-14-20(15(2)30(28-14)19-7-3-6-17(11-19)23(24,25)26)21(31)22(32)29(18-8-9-18)13-16-5-4-10-27-12-16/h3-7,10-12,18H,8-9,13H2,1-2H3. The third-order valence-electron chi connectivity index (χ3n) is 5.45. The van der Waals surface area contributed by atoms with E-state index in [1.54, 1.807) is 37.2 Å². The highest BCUT2D eigenvalue weighted by Crippen LogP contribution is 2.32. The van der Waals surface area contributed by atoms with E-state index in [9.17, 15) is 22.8 Å². The van der Waals surface area contributed by atoms with Gasteiger partial charge in [-0.3, -0.25) is 14.6 Å². The number of hydrogen-bond acceptors (Lipinski definition) is 4. The fraction of sp³-hybridized carbons (Fsp3) is 0.304. The van der Waals surface area contributed by atoms with Gasteiger partial charge in [0.05, 0.1) is 28.2 Å². The van der Waals surface area contributed by atoms with Crippen molar-refractivity contribution < 1.29 is 22.8 Å². The molecule has 2 aromatic heterocycles. The predicted octanol–water partition coefficient (Wildman–Crippen LogP) is 4.28. The Morgan fingerprint density at radius 2 is 1.91 bits per heavy atom. The summed E-state index contributed by atoms with van der Waals surface area (Å²) in [6.07, 6.45) is 0.418. The van der Waals surface area contributed by atoms with Gasteiger partial charge in [0, 0.05) is 25.0 Å². The van der Waals surface area contributed by atoms with Crippen molar-refractivity contribution in [2.75, 3.05) is 0 Å². The highest BCUT2D eigenvalue weighted by Gasteiger charge is 2.37. The van der Waals surface area contributed by atoms with E-state index >= 15 is 0 Å². The largest absolute Gasteiger partial charge is 0.416 e. The molecule has 1 aromatic carbocycles. The average molecular weight is 442 g/mol. The summed E-state index contributed by atoms with van der Waals surface area (Å²) < 4.78 is 40.6. The summed E-state index contributed by atoms with van der Waals surface area (Å²) in [6, 6.07) is 8.28. The number of benzene rings is 1. The Labute approximate surface area is 182 Å². The van der Waals surface area contributed by atoms with E-state index in [1.165, 1.54) is 16.8 Å². The van der Waals surface area contributed by atoms with E-state index in [0.717, 1.165) is 30.5 Å². The monoisotopic (exact) mass is 442 g/mol. The van der Waals surface area contributed by atoms with Crippen molar-refractivity contribution in [2.24, 2.45) is 0 Å². The summed E-state index contributed by atoms with van der Waals surface area (Å²) in [7, 11) is 0. The van der Waals surface area contributed by atoms with Crippen LogP contribution in [0, 0.1) is 13.8 Å². The average Bonchev–Trinajstić information content (AvgIpc) is 3.56. The number of ketones is 1. The molecule has 1 fully saturated rings.